The molecule has 1 fully saturated rings. The highest BCUT2D eigenvalue weighted by molar-refractivity contribution is 7.92. The van der Waals surface area contributed by atoms with Crippen molar-refractivity contribution in [1.82, 2.24) is 0 Å². The third-order valence-electron chi connectivity index (χ3n) is 4.74. The summed E-state index contributed by atoms with van der Waals surface area (Å²) in [4.78, 5) is 0. The second-order valence-corrected chi connectivity index (χ2v) is 9.19. The lowest BCUT2D eigenvalue weighted by Gasteiger charge is -2.28. The molecule has 2 aliphatic heterocycles. The molecule has 1 aromatic carbocycles. The van der Waals surface area contributed by atoms with Crippen LogP contribution in [0.5, 0.6) is 5.75 Å². The molecular formula is C16H23NO3S. The maximum absolute atomic E-state index is 12.3. The van der Waals surface area contributed by atoms with Gasteiger partial charge in [-0.1, -0.05) is 26.3 Å². The zero-order valence-electron chi connectivity index (χ0n) is 12.6. The van der Waals surface area contributed by atoms with E-state index in [0.717, 1.165) is 29.7 Å². The van der Waals surface area contributed by atoms with Crippen molar-refractivity contribution in [3.63, 3.8) is 0 Å². The first kappa shape index (κ1) is 14.9. The summed E-state index contributed by atoms with van der Waals surface area (Å²) in [7, 11) is -3.07. The number of fused-ring (bicyclic) bond motifs is 1. The molecule has 0 spiro atoms. The van der Waals surface area contributed by atoms with Crippen LogP contribution in [0.4, 0.5) is 0 Å². The molecule has 5 heteroatoms. The van der Waals surface area contributed by atoms with Crippen LogP contribution >= 0.6 is 0 Å². The molecule has 0 saturated carbocycles. The highest BCUT2D eigenvalue weighted by Crippen LogP contribution is 2.40. The number of nitrogens with two attached hydrogens (primary N) is 1. The van der Waals surface area contributed by atoms with Gasteiger partial charge in [-0.25, -0.2) is 8.42 Å². The molecule has 4 nitrogen and oxygen atoms in total. The Morgan fingerprint density at radius 3 is 2.81 bits per heavy atom. The van der Waals surface area contributed by atoms with Gasteiger partial charge in [-0.05, 0) is 30.5 Å². The zero-order valence-corrected chi connectivity index (χ0v) is 13.4. The van der Waals surface area contributed by atoms with E-state index >= 15 is 0 Å². The Hall–Kier alpha value is -1.07. The monoisotopic (exact) mass is 309 g/mol. The smallest absolute Gasteiger partial charge is 0.155 e. The molecule has 0 amide bonds. The molecule has 0 bridgehead atoms. The second kappa shape index (κ2) is 4.99. The molecule has 2 atom stereocenters. The fourth-order valence-corrected chi connectivity index (χ4v) is 5.38. The third kappa shape index (κ3) is 2.57. The Balaban J connectivity index is 1.94. The third-order valence-corrected chi connectivity index (χ3v) is 7.04. The Bertz CT molecular complexity index is 651. The maximum atomic E-state index is 12.3. The van der Waals surface area contributed by atoms with Crippen molar-refractivity contribution in [2.45, 2.75) is 49.8 Å². The molecule has 2 heterocycles. The summed E-state index contributed by atoms with van der Waals surface area (Å²) in [6.07, 6.45) is 2.37. The van der Waals surface area contributed by atoms with Crippen LogP contribution in [0.3, 0.4) is 0 Å². The topological polar surface area (TPSA) is 69.4 Å². The van der Waals surface area contributed by atoms with Crippen LogP contribution in [-0.2, 0) is 15.3 Å². The lowest BCUT2D eigenvalue weighted by Crippen LogP contribution is -2.37. The number of rotatable bonds is 2. The standard InChI is InChI=1S/C16H23NO3S/c1-16(2)10-20-13-7-6-11(9-12(13)16)15(17)14-5-3-4-8-21(14,18)19/h6-7,9,14-15H,3-5,8,10,17H2,1-2H3. The van der Waals surface area contributed by atoms with E-state index < -0.39 is 21.1 Å². The summed E-state index contributed by atoms with van der Waals surface area (Å²) in [6, 6.07) is 5.43. The van der Waals surface area contributed by atoms with Gasteiger partial charge in [0.15, 0.2) is 9.84 Å². The molecule has 0 aliphatic carbocycles. The summed E-state index contributed by atoms with van der Waals surface area (Å²) in [5.74, 6) is 1.16. The van der Waals surface area contributed by atoms with Crippen LogP contribution in [0, 0.1) is 0 Å². The van der Waals surface area contributed by atoms with E-state index in [0.29, 0.717) is 13.0 Å². The largest absolute Gasteiger partial charge is 0.492 e. The van der Waals surface area contributed by atoms with Gasteiger partial charge in [-0.2, -0.15) is 0 Å². The van der Waals surface area contributed by atoms with Crippen LogP contribution in [0.1, 0.15) is 50.3 Å². The van der Waals surface area contributed by atoms with Crippen molar-refractivity contribution >= 4 is 9.84 Å². The Morgan fingerprint density at radius 1 is 1.33 bits per heavy atom. The van der Waals surface area contributed by atoms with Gasteiger partial charge in [-0.15, -0.1) is 0 Å². The predicted octanol–water partition coefficient (Wildman–Crippen LogP) is 2.32. The second-order valence-electron chi connectivity index (χ2n) is 6.86. The van der Waals surface area contributed by atoms with E-state index in [1.807, 2.05) is 18.2 Å². The zero-order chi connectivity index (χ0) is 15.3. The molecule has 3 rings (SSSR count). The van der Waals surface area contributed by atoms with Crippen LogP contribution < -0.4 is 10.5 Å². The van der Waals surface area contributed by atoms with Crippen molar-refractivity contribution in [3.8, 4) is 5.75 Å². The average Bonchev–Trinajstić information content (AvgIpc) is 2.73. The Morgan fingerprint density at radius 2 is 2.10 bits per heavy atom. The molecule has 0 aromatic heterocycles. The number of benzene rings is 1. The van der Waals surface area contributed by atoms with Gasteiger partial charge in [0.25, 0.3) is 0 Å². The molecule has 21 heavy (non-hydrogen) atoms. The van der Waals surface area contributed by atoms with E-state index in [4.69, 9.17) is 10.5 Å². The summed E-state index contributed by atoms with van der Waals surface area (Å²) >= 11 is 0. The number of ether oxygens (including phenoxy) is 1. The SMILES string of the molecule is CC1(C)COc2ccc(C(N)C3CCCCS3(=O)=O)cc21. The number of hydrogen-bond acceptors (Lipinski definition) is 4. The Kier molecular flexibility index (Phi) is 3.53. The van der Waals surface area contributed by atoms with Gasteiger partial charge in [-0.3, -0.25) is 0 Å². The first-order valence-electron chi connectivity index (χ1n) is 7.56. The highest BCUT2D eigenvalue weighted by atomic mass is 32.2. The Labute approximate surface area is 126 Å². The highest BCUT2D eigenvalue weighted by Gasteiger charge is 2.36. The van der Waals surface area contributed by atoms with Crippen molar-refractivity contribution < 1.29 is 13.2 Å². The summed E-state index contributed by atoms with van der Waals surface area (Å²) in [5.41, 5.74) is 8.30. The van der Waals surface area contributed by atoms with Crippen molar-refractivity contribution in [2.24, 2.45) is 5.73 Å². The van der Waals surface area contributed by atoms with E-state index in [-0.39, 0.29) is 11.2 Å². The van der Waals surface area contributed by atoms with E-state index in [1.165, 1.54) is 0 Å². The van der Waals surface area contributed by atoms with Crippen LogP contribution in [0.15, 0.2) is 18.2 Å². The van der Waals surface area contributed by atoms with Crippen LogP contribution in [0.25, 0.3) is 0 Å². The van der Waals surface area contributed by atoms with Crippen LogP contribution in [0.2, 0.25) is 0 Å². The van der Waals surface area contributed by atoms with Crippen molar-refractivity contribution in [1.29, 1.82) is 0 Å². The number of hydrogen-bond donors (Lipinski definition) is 1. The van der Waals surface area contributed by atoms with Gasteiger partial charge >= 0.3 is 0 Å². The lowest BCUT2D eigenvalue weighted by atomic mass is 9.85. The number of sulfone groups is 1. The van der Waals surface area contributed by atoms with Crippen LogP contribution in [-0.4, -0.2) is 26.0 Å². The first-order valence-corrected chi connectivity index (χ1v) is 9.27. The van der Waals surface area contributed by atoms with Gasteiger partial charge in [0.1, 0.15) is 5.75 Å². The average molecular weight is 309 g/mol. The molecule has 0 radical (unpaired) electrons. The minimum atomic E-state index is -3.07. The van der Waals surface area contributed by atoms with Gasteiger partial charge in [0.2, 0.25) is 0 Å². The lowest BCUT2D eigenvalue weighted by molar-refractivity contribution is 0.291. The van der Waals surface area contributed by atoms with Crippen molar-refractivity contribution in [2.75, 3.05) is 12.4 Å². The molecule has 2 N–H and O–H groups in total. The maximum Gasteiger partial charge on any atom is 0.155 e. The van der Waals surface area contributed by atoms with E-state index in [1.54, 1.807) is 0 Å². The normalized spacial score (nSPS) is 27.7. The quantitative estimate of drug-likeness (QED) is 0.910. The van der Waals surface area contributed by atoms with Gasteiger partial charge in [0, 0.05) is 17.0 Å². The van der Waals surface area contributed by atoms with Gasteiger partial charge < -0.3 is 10.5 Å². The summed E-state index contributed by atoms with van der Waals surface area (Å²) in [6.45, 7) is 4.92. The summed E-state index contributed by atoms with van der Waals surface area (Å²) < 4.78 is 30.2. The first-order chi connectivity index (χ1) is 9.81. The molecule has 2 unspecified atom stereocenters. The van der Waals surface area contributed by atoms with Crippen molar-refractivity contribution in [3.05, 3.63) is 29.3 Å². The fraction of sp³-hybridized carbons (Fsp3) is 0.625. The molecule has 1 saturated heterocycles. The fourth-order valence-electron chi connectivity index (χ4n) is 3.34. The predicted molar refractivity (Wildman–Crippen MR) is 83.3 cm³/mol. The van der Waals surface area contributed by atoms with Gasteiger partial charge in [0.05, 0.1) is 17.6 Å². The molecular weight excluding hydrogens is 286 g/mol. The van der Waals surface area contributed by atoms with E-state index in [2.05, 4.69) is 13.8 Å². The van der Waals surface area contributed by atoms with E-state index in [9.17, 15) is 8.42 Å². The summed E-state index contributed by atoms with van der Waals surface area (Å²) in [5, 5.41) is -0.449. The minimum absolute atomic E-state index is 0.0451. The molecule has 2 aliphatic rings. The molecule has 1 aromatic rings. The minimum Gasteiger partial charge on any atom is -0.492 e. The molecule has 116 valence electrons.